The summed E-state index contributed by atoms with van der Waals surface area (Å²) in [5, 5.41) is 1.76. The Hall–Kier alpha value is 0.820. The lowest BCUT2D eigenvalue weighted by Gasteiger charge is -1.98. The van der Waals surface area contributed by atoms with E-state index in [2.05, 4.69) is 22.6 Å². The molecule has 1 rings (SSSR count). The Bertz CT molecular complexity index is 236. The Labute approximate surface area is 87.6 Å². The molecule has 0 amide bonds. The van der Waals surface area contributed by atoms with E-state index in [0.29, 0.717) is 15.1 Å². The van der Waals surface area contributed by atoms with Crippen molar-refractivity contribution in [1.82, 2.24) is 0 Å². The van der Waals surface area contributed by atoms with Gasteiger partial charge < -0.3 is 0 Å². The van der Waals surface area contributed by atoms with Gasteiger partial charge in [0.15, 0.2) is 0 Å². The molecular weight excluding hydrogens is 305 g/mol. The van der Waals surface area contributed by atoms with Crippen LogP contribution in [0.1, 0.15) is 0 Å². The normalized spacial score (nSPS) is 10.0. The van der Waals surface area contributed by atoms with Crippen LogP contribution >= 0.6 is 57.4 Å². The summed E-state index contributed by atoms with van der Waals surface area (Å²) >= 11 is 19.2. The van der Waals surface area contributed by atoms with Gasteiger partial charge in [-0.3, -0.25) is 0 Å². The van der Waals surface area contributed by atoms with E-state index in [0.717, 1.165) is 3.57 Å². The van der Waals surface area contributed by atoms with E-state index in [1.165, 1.54) is 0 Å². The van der Waals surface area contributed by atoms with Gasteiger partial charge >= 0.3 is 0 Å². The average molecular weight is 307 g/mol. The summed E-state index contributed by atoms with van der Waals surface area (Å²) < 4.78 is 0.838. The largest absolute Gasteiger partial charge is 0.0842 e. The average Bonchev–Trinajstić information content (AvgIpc) is 1.82. The Morgan fingerprint density at radius 3 is 1.80 bits per heavy atom. The van der Waals surface area contributed by atoms with Gasteiger partial charge in [-0.15, -0.1) is 0 Å². The Kier molecular flexibility index (Phi) is 3.10. The number of hydrogen-bond acceptors (Lipinski definition) is 0. The van der Waals surface area contributed by atoms with Crippen molar-refractivity contribution in [3.63, 3.8) is 0 Å². The molecule has 0 aliphatic rings. The maximum atomic E-state index is 5.74. The van der Waals surface area contributed by atoms with Gasteiger partial charge in [0.2, 0.25) is 0 Å². The third-order valence-electron chi connectivity index (χ3n) is 0.949. The van der Waals surface area contributed by atoms with E-state index < -0.39 is 0 Å². The fourth-order valence-electron chi connectivity index (χ4n) is 0.525. The summed E-state index contributed by atoms with van der Waals surface area (Å²) in [7, 11) is 0. The predicted octanol–water partition coefficient (Wildman–Crippen LogP) is 4.25. The standard InChI is InChI=1S/C6H2Cl3I/c7-3-1-4(8)6(10)5(9)2-3/h1-2H. The van der Waals surface area contributed by atoms with Crippen molar-refractivity contribution < 1.29 is 0 Å². The molecule has 0 saturated heterocycles. The van der Waals surface area contributed by atoms with Crippen LogP contribution in [0.4, 0.5) is 0 Å². The number of benzene rings is 1. The molecule has 0 nitrogen and oxygen atoms in total. The van der Waals surface area contributed by atoms with E-state index in [-0.39, 0.29) is 0 Å². The summed E-state index contributed by atoms with van der Waals surface area (Å²) in [6.07, 6.45) is 0. The van der Waals surface area contributed by atoms with Gasteiger partial charge in [-0.25, -0.2) is 0 Å². The molecule has 0 aliphatic carbocycles. The van der Waals surface area contributed by atoms with Crippen LogP contribution < -0.4 is 0 Å². The van der Waals surface area contributed by atoms with Crippen molar-refractivity contribution in [3.05, 3.63) is 30.8 Å². The molecule has 0 atom stereocenters. The lowest BCUT2D eigenvalue weighted by atomic mass is 10.4. The minimum Gasteiger partial charge on any atom is -0.0842 e. The first kappa shape index (κ1) is 8.91. The molecule has 10 heavy (non-hydrogen) atoms. The Morgan fingerprint density at radius 1 is 1.00 bits per heavy atom. The van der Waals surface area contributed by atoms with E-state index in [9.17, 15) is 0 Å². The number of halogens is 4. The van der Waals surface area contributed by atoms with Crippen molar-refractivity contribution in [2.75, 3.05) is 0 Å². The van der Waals surface area contributed by atoms with Crippen molar-refractivity contribution in [2.24, 2.45) is 0 Å². The monoisotopic (exact) mass is 306 g/mol. The first-order valence-corrected chi connectivity index (χ1v) is 4.62. The highest BCUT2D eigenvalue weighted by molar-refractivity contribution is 14.1. The van der Waals surface area contributed by atoms with Gasteiger partial charge in [0.05, 0.1) is 13.6 Å². The highest BCUT2D eigenvalue weighted by atomic mass is 127. The van der Waals surface area contributed by atoms with Gasteiger partial charge in [-0.2, -0.15) is 0 Å². The molecule has 0 saturated carbocycles. The third kappa shape index (κ3) is 1.91. The molecule has 1 aromatic carbocycles. The highest BCUT2D eigenvalue weighted by Crippen LogP contribution is 2.29. The molecule has 0 bridgehead atoms. The zero-order chi connectivity index (χ0) is 7.72. The first-order chi connectivity index (χ1) is 4.61. The van der Waals surface area contributed by atoms with Crippen molar-refractivity contribution in [1.29, 1.82) is 0 Å². The Balaban J connectivity index is 3.31. The molecule has 0 aliphatic heterocycles. The van der Waals surface area contributed by atoms with Crippen LogP contribution in [0.5, 0.6) is 0 Å². The molecule has 0 N–H and O–H groups in total. The summed E-state index contributed by atoms with van der Waals surface area (Å²) in [5.41, 5.74) is 0. The van der Waals surface area contributed by atoms with Gasteiger partial charge in [0.25, 0.3) is 0 Å². The minimum absolute atomic E-state index is 0.565. The molecular formula is C6H2Cl3I. The molecule has 0 aromatic heterocycles. The van der Waals surface area contributed by atoms with Crippen molar-refractivity contribution in [2.45, 2.75) is 0 Å². The second-order valence-electron chi connectivity index (χ2n) is 1.68. The molecule has 0 heterocycles. The maximum absolute atomic E-state index is 5.74. The molecule has 54 valence electrons. The quantitative estimate of drug-likeness (QED) is 0.382. The fraction of sp³-hybridized carbons (Fsp3) is 0. The smallest absolute Gasteiger partial charge is 0.0569 e. The van der Waals surface area contributed by atoms with Gasteiger partial charge in [0, 0.05) is 5.02 Å². The van der Waals surface area contributed by atoms with Crippen LogP contribution in [0, 0.1) is 3.57 Å². The Morgan fingerprint density at radius 2 is 1.40 bits per heavy atom. The minimum atomic E-state index is 0.565. The zero-order valence-corrected chi connectivity index (χ0v) is 9.09. The topological polar surface area (TPSA) is 0 Å². The summed E-state index contributed by atoms with van der Waals surface area (Å²) in [5.74, 6) is 0. The van der Waals surface area contributed by atoms with E-state index in [1.54, 1.807) is 12.1 Å². The predicted molar refractivity (Wildman–Crippen MR) is 54.2 cm³/mol. The maximum Gasteiger partial charge on any atom is 0.0569 e. The summed E-state index contributed by atoms with van der Waals surface area (Å²) in [6, 6.07) is 3.33. The van der Waals surface area contributed by atoms with Crippen LogP contribution in [0.2, 0.25) is 15.1 Å². The summed E-state index contributed by atoms with van der Waals surface area (Å²) in [4.78, 5) is 0. The first-order valence-electron chi connectivity index (χ1n) is 2.41. The summed E-state index contributed by atoms with van der Waals surface area (Å²) in [6.45, 7) is 0. The molecule has 0 fully saturated rings. The lowest BCUT2D eigenvalue weighted by Crippen LogP contribution is -1.75. The number of hydrogen-bond donors (Lipinski definition) is 0. The highest BCUT2D eigenvalue weighted by Gasteiger charge is 2.02. The SMILES string of the molecule is Clc1cc(Cl)c(I)c(Cl)c1. The van der Waals surface area contributed by atoms with Gasteiger partial charge in [-0.05, 0) is 34.7 Å². The molecule has 1 aromatic rings. The van der Waals surface area contributed by atoms with E-state index >= 15 is 0 Å². The molecule has 4 heteroatoms. The zero-order valence-electron chi connectivity index (χ0n) is 4.67. The van der Waals surface area contributed by atoms with Crippen LogP contribution in [0.25, 0.3) is 0 Å². The number of rotatable bonds is 0. The second-order valence-corrected chi connectivity index (χ2v) is 4.01. The molecule has 0 unspecified atom stereocenters. The van der Waals surface area contributed by atoms with Crippen molar-refractivity contribution in [3.8, 4) is 0 Å². The van der Waals surface area contributed by atoms with Crippen LogP contribution in [0.15, 0.2) is 12.1 Å². The van der Waals surface area contributed by atoms with E-state index in [1.807, 2.05) is 0 Å². The fourth-order valence-corrected chi connectivity index (χ4v) is 1.65. The third-order valence-corrected chi connectivity index (χ3v) is 3.56. The van der Waals surface area contributed by atoms with E-state index in [4.69, 9.17) is 34.8 Å². The van der Waals surface area contributed by atoms with Crippen LogP contribution in [0.3, 0.4) is 0 Å². The second kappa shape index (κ2) is 3.48. The van der Waals surface area contributed by atoms with Gasteiger partial charge in [0.1, 0.15) is 0 Å². The lowest BCUT2D eigenvalue weighted by molar-refractivity contribution is 1.64. The van der Waals surface area contributed by atoms with Gasteiger partial charge in [-0.1, -0.05) is 34.8 Å². The van der Waals surface area contributed by atoms with Crippen LogP contribution in [-0.2, 0) is 0 Å². The molecule has 0 spiro atoms. The van der Waals surface area contributed by atoms with Crippen molar-refractivity contribution >= 4 is 57.4 Å². The molecule has 0 radical (unpaired) electrons. The van der Waals surface area contributed by atoms with Crippen LogP contribution in [-0.4, -0.2) is 0 Å².